The van der Waals surface area contributed by atoms with Gasteiger partial charge in [-0.3, -0.25) is 4.79 Å². The van der Waals surface area contributed by atoms with Crippen molar-refractivity contribution in [3.8, 4) is 6.07 Å². The SMILES string of the molecule is CC(C#N)(Cc1ccc(Cl)cc1Cl)C(=O)O. The Hall–Kier alpha value is -1.24. The molecule has 0 aliphatic rings. The smallest absolute Gasteiger partial charge is 0.324 e. The second kappa shape index (κ2) is 4.73. The van der Waals surface area contributed by atoms with Crippen molar-refractivity contribution in [1.82, 2.24) is 0 Å². The number of nitriles is 1. The Labute approximate surface area is 103 Å². The lowest BCUT2D eigenvalue weighted by Crippen LogP contribution is -2.28. The Morgan fingerprint density at radius 3 is 2.62 bits per heavy atom. The van der Waals surface area contributed by atoms with E-state index < -0.39 is 11.4 Å². The Bertz CT molecular complexity index is 468. The molecular weight excluding hydrogens is 249 g/mol. The Balaban J connectivity index is 3.05. The van der Waals surface area contributed by atoms with E-state index in [4.69, 9.17) is 33.6 Å². The summed E-state index contributed by atoms with van der Waals surface area (Å²) in [6.45, 7) is 1.36. The molecule has 1 unspecified atom stereocenters. The summed E-state index contributed by atoms with van der Waals surface area (Å²) in [6.07, 6.45) is 0.0504. The molecule has 0 saturated heterocycles. The summed E-state index contributed by atoms with van der Waals surface area (Å²) in [4.78, 5) is 10.9. The fourth-order valence-electron chi connectivity index (χ4n) is 1.21. The van der Waals surface area contributed by atoms with Crippen molar-refractivity contribution in [2.45, 2.75) is 13.3 Å². The minimum atomic E-state index is -1.47. The molecular formula is C11H9Cl2NO2. The predicted molar refractivity (Wildman–Crippen MR) is 61.5 cm³/mol. The van der Waals surface area contributed by atoms with Crippen LogP contribution >= 0.6 is 23.2 Å². The largest absolute Gasteiger partial charge is 0.480 e. The molecule has 3 nitrogen and oxygen atoms in total. The quantitative estimate of drug-likeness (QED) is 0.905. The molecule has 0 heterocycles. The standard InChI is InChI=1S/C11H9Cl2NO2/c1-11(6-14,10(15)16)5-7-2-3-8(12)4-9(7)13/h2-4H,5H2,1H3,(H,15,16). The number of benzene rings is 1. The maximum Gasteiger partial charge on any atom is 0.324 e. The van der Waals surface area contributed by atoms with Crippen LogP contribution < -0.4 is 0 Å². The molecule has 0 aliphatic heterocycles. The van der Waals surface area contributed by atoms with Gasteiger partial charge in [-0.25, -0.2) is 0 Å². The second-order valence-electron chi connectivity index (χ2n) is 3.66. The molecule has 0 radical (unpaired) electrons. The molecule has 1 rings (SSSR count). The Morgan fingerprint density at radius 2 is 2.19 bits per heavy atom. The minimum Gasteiger partial charge on any atom is -0.480 e. The van der Waals surface area contributed by atoms with Crippen LogP contribution in [-0.2, 0) is 11.2 Å². The molecule has 0 amide bonds. The van der Waals surface area contributed by atoms with Crippen LogP contribution in [0, 0.1) is 16.7 Å². The van der Waals surface area contributed by atoms with E-state index in [0.29, 0.717) is 15.6 Å². The van der Waals surface area contributed by atoms with Crippen LogP contribution in [-0.4, -0.2) is 11.1 Å². The van der Waals surface area contributed by atoms with Crippen molar-refractivity contribution in [1.29, 1.82) is 5.26 Å². The summed E-state index contributed by atoms with van der Waals surface area (Å²) >= 11 is 11.6. The summed E-state index contributed by atoms with van der Waals surface area (Å²) in [7, 11) is 0. The van der Waals surface area contributed by atoms with E-state index in [-0.39, 0.29) is 6.42 Å². The van der Waals surface area contributed by atoms with Gasteiger partial charge in [-0.2, -0.15) is 5.26 Å². The number of halogens is 2. The van der Waals surface area contributed by atoms with Crippen LogP contribution in [0.2, 0.25) is 10.0 Å². The summed E-state index contributed by atoms with van der Waals surface area (Å²) in [5, 5.41) is 18.7. The highest BCUT2D eigenvalue weighted by molar-refractivity contribution is 6.35. The van der Waals surface area contributed by atoms with Crippen molar-refractivity contribution >= 4 is 29.2 Å². The van der Waals surface area contributed by atoms with Gasteiger partial charge in [0.15, 0.2) is 5.41 Å². The molecule has 0 fully saturated rings. The molecule has 0 bridgehead atoms. The monoisotopic (exact) mass is 257 g/mol. The van der Waals surface area contributed by atoms with Gasteiger partial charge < -0.3 is 5.11 Å². The lowest BCUT2D eigenvalue weighted by atomic mass is 9.85. The van der Waals surface area contributed by atoms with Gasteiger partial charge in [-0.15, -0.1) is 0 Å². The fraction of sp³-hybridized carbons (Fsp3) is 0.273. The Morgan fingerprint density at radius 1 is 1.56 bits per heavy atom. The van der Waals surface area contributed by atoms with Gasteiger partial charge >= 0.3 is 5.97 Å². The van der Waals surface area contributed by atoms with Gasteiger partial charge in [0.05, 0.1) is 6.07 Å². The second-order valence-corrected chi connectivity index (χ2v) is 4.51. The number of carboxylic acid groups (broad SMARTS) is 1. The van der Waals surface area contributed by atoms with Crippen molar-refractivity contribution in [3.05, 3.63) is 33.8 Å². The van der Waals surface area contributed by atoms with Crippen LogP contribution in [0.5, 0.6) is 0 Å². The fourth-order valence-corrected chi connectivity index (χ4v) is 1.68. The Kier molecular flexibility index (Phi) is 3.79. The van der Waals surface area contributed by atoms with Crippen LogP contribution in [0.25, 0.3) is 0 Å². The number of carbonyl (C=O) groups is 1. The first-order valence-corrected chi connectivity index (χ1v) is 5.23. The maximum atomic E-state index is 10.9. The zero-order valence-corrected chi connectivity index (χ0v) is 10.0. The minimum absolute atomic E-state index is 0.0504. The van der Waals surface area contributed by atoms with Crippen LogP contribution in [0.15, 0.2) is 18.2 Å². The molecule has 0 spiro atoms. The van der Waals surface area contributed by atoms with Gasteiger partial charge in [0, 0.05) is 16.5 Å². The number of nitrogens with zero attached hydrogens (tertiary/aromatic N) is 1. The van der Waals surface area contributed by atoms with E-state index in [9.17, 15) is 4.79 Å². The van der Waals surface area contributed by atoms with Crippen molar-refractivity contribution < 1.29 is 9.90 Å². The molecule has 5 heteroatoms. The predicted octanol–water partition coefficient (Wildman–Crippen LogP) is 3.15. The normalized spacial score (nSPS) is 13.9. The van der Waals surface area contributed by atoms with E-state index in [1.54, 1.807) is 18.2 Å². The molecule has 1 atom stereocenters. The van der Waals surface area contributed by atoms with Crippen molar-refractivity contribution in [2.75, 3.05) is 0 Å². The average Bonchev–Trinajstić information content (AvgIpc) is 2.22. The average molecular weight is 258 g/mol. The summed E-state index contributed by atoms with van der Waals surface area (Å²) in [5.74, 6) is -1.17. The number of hydrogen-bond donors (Lipinski definition) is 1. The highest BCUT2D eigenvalue weighted by atomic mass is 35.5. The summed E-state index contributed by atoms with van der Waals surface area (Å²) < 4.78 is 0. The highest BCUT2D eigenvalue weighted by Crippen LogP contribution is 2.28. The lowest BCUT2D eigenvalue weighted by molar-refractivity contribution is -0.144. The number of carboxylic acids is 1. The van der Waals surface area contributed by atoms with E-state index >= 15 is 0 Å². The molecule has 84 valence electrons. The first kappa shape index (κ1) is 12.8. The molecule has 0 aliphatic carbocycles. The number of hydrogen-bond acceptors (Lipinski definition) is 2. The van der Waals surface area contributed by atoms with Crippen LogP contribution in [0.4, 0.5) is 0 Å². The van der Waals surface area contributed by atoms with Crippen molar-refractivity contribution in [3.63, 3.8) is 0 Å². The zero-order valence-electron chi connectivity index (χ0n) is 8.50. The zero-order chi connectivity index (χ0) is 12.3. The maximum absolute atomic E-state index is 10.9. The van der Waals surface area contributed by atoms with Gasteiger partial charge in [0.1, 0.15) is 0 Å². The van der Waals surface area contributed by atoms with E-state index in [1.165, 1.54) is 13.0 Å². The number of rotatable bonds is 3. The molecule has 0 saturated carbocycles. The molecule has 16 heavy (non-hydrogen) atoms. The molecule has 1 aromatic carbocycles. The molecule has 1 aromatic rings. The topological polar surface area (TPSA) is 61.1 Å². The van der Waals surface area contributed by atoms with Gasteiger partial charge in [-0.05, 0) is 24.6 Å². The van der Waals surface area contributed by atoms with Crippen LogP contribution in [0.3, 0.4) is 0 Å². The first-order valence-electron chi connectivity index (χ1n) is 4.47. The molecule has 1 N–H and O–H groups in total. The van der Waals surface area contributed by atoms with Crippen molar-refractivity contribution in [2.24, 2.45) is 5.41 Å². The third-order valence-corrected chi connectivity index (χ3v) is 2.86. The summed E-state index contributed by atoms with van der Waals surface area (Å²) in [5.41, 5.74) is -0.880. The third-order valence-electron chi connectivity index (χ3n) is 2.28. The molecule has 0 aromatic heterocycles. The van der Waals surface area contributed by atoms with E-state index in [1.807, 2.05) is 0 Å². The highest BCUT2D eigenvalue weighted by Gasteiger charge is 2.34. The first-order chi connectivity index (χ1) is 7.39. The van der Waals surface area contributed by atoms with Crippen LogP contribution in [0.1, 0.15) is 12.5 Å². The van der Waals surface area contributed by atoms with Gasteiger partial charge in [-0.1, -0.05) is 29.3 Å². The van der Waals surface area contributed by atoms with Gasteiger partial charge in [0.2, 0.25) is 0 Å². The lowest BCUT2D eigenvalue weighted by Gasteiger charge is -2.16. The van der Waals surface area contributed by atoms with E-state index in [2.05, 4.69) is 0 Å². The third kappa shape index (κ3) is 2.66. The van der Waals surface area contributed by atoms with Gasteiger partial charge in [0.25, 0.3) is 0 Å². The summed E-state index contributed by atoms with van der Waals surface area (Å²) in [6, 6.07) is 6.54. The number of aliphatic carboxylic acids is 1. The van der Waals surface area contributed by atoms with E-state index in [0.717, 1.165) is 0 Å².